The molecule has 0 fully saturated rings. The van der Waals surface area contributed by atoms with Gasteiger partial charge in [-0.15, -0.1) is 12.4 Å². The van der Waals surface area contributed by atoms with E-state index in [4.69, 9.17) is 4.55 Å². The molecule has 1 rings (SSSR count). The number of nitrogens with zero attached hydrogens (tertiary/aromatic N) is 1. The van der Waals surface area contributed by atoms with Gasteiger partial charge in [-0.25, -0.2) is 4.21 Å². The highest BCUT2D eigenvalue weighted by Crippen LogP contribution is 2.00. The van der Waals surface area contributed by atoms with Crippen molar-refractivity contribution >= 4 is 23.5 Å². The van der Waals surface area contributed by atoms with Crippen molar-refractivity contribution in [2.24, 2.45) is 0 Å². The van der Waals surface area contributed by atoms with Crippen LogP contribution in [0.15, 0.2) is 35.2 Å². The Kier molecular flexibility index (Phi) is 8.86. The molecule has 0 aliphatic heterocycles. The summed E-state index contributed by atoms with van der Waals surface area (Å²) in [6.07, 6.45) is 0. The number of halogens is 1. The predicted octanol–water partition coefficient (Wildman–Crippen LogP) is 2.01. The van der Waals surface area contributed by atoms with Gasteiger partial charge in [-0.3, -0.25) is 0 Å². The highest BCUT2D eigenvalue weighted by molar-refractivity contribution is 7.79. The molecule has 88 valence electrons. The van der Waals surface area contributed by atoms with E-state index in [1.807, 2.05) is 0 Å². The van der Waals surface area contributed by atoms with Crippen LogP contribution in [0.4, 0.5) is 0 Å². The van der Waals surface area contributed by atoms with Gasteiger partial charge in [0.05, 0.1) is 33.1 Å². The monoisotopic (exact) mass is 252 g/mol. The lowest BCUT2D eigenvalue weighted by Crippen LogP contribution is -2.27. The summed E-state index contributed by atoms with van der Waals surface area (Å²) in [5.74, 6) is 0. The van der Waals surface area contributed by atoms with Crippen LogP contribution in [0, 0.1) is 0 Å². The summed E-state index contributed by atoms with van der Waals surface area (Å²) in [5.41, 5.74) is 0. The Morgan fingerprint density at radius 3 is 1.60 bits per heavy atom. The predicted molar refractivity (Wildman–Crippen MR) is 66.7 cm³/mol. The van der Waals surface area contributed by atoms with Crippen molar-refractivity contribution in [1.29, 1.82) is 0 Å². The van der Waals surface area contributed by atoms with Gasteiger partial charge in [0.1, 0.15) is 0 Å². The molecular weight excluding hydrogens is 234 g/mol. The van der Waals surface area contributed by atoms with Crippen LogP contribution in [0.5, 0.6) is 0 Å². The third-order valence-corrected chi connectivity index (χ3v) is 1.62. The zero-order valence-corrected chi connectivity index (χ0v) is 11.1. The largest absolute Gasteiger partial charge is 0.333 e. The maximum Gasteiger partial charge on any atom is 0.186 e. The first kappa shape index (κ1) is 17.0. The molecule has 0 saturated heterocycles. The van der Waals surface area contributed by atoms with E-state index in [9.17, 15) is 4.21 Å². The van der Waals surface area contributed by atoms with Crippen molar-refractivity contribution in [2.75, 3.05) is 28.2 Å². The Labute approximate surface area is 100 Å². The van der Waals surface area contributed by atoms with Gasteiger partial charge in [-0.2, -0.15) is 0 Å². The molecule has 1 aromatic carbocycles. The average Bonchev–Trinajstić information content (AvgIpc) is 2.03. The van der Waals surface area contributed by atoms with Gasteiger partial charge in [0, 0.05) is 0 Å². The number of hydrogen-bond acceptors (Lipinski definition) is 1. The van der Waals surface area contributed by atoms with Gasteiger partial charge in [0.25, 0.3) is 0 Å². The Hall–Kier alpha value is -0.420. The van der Waals surface area contributed by atoms with Gasteiger partial charge in [-0.05, 0) is 12.1 Å². The Bertz CT molecular complexity index is 279. The Morgan fingerprint density at radius 2 is 1.40 bits per heavy atom. The van der Waals surface area contributed by atoms with E-state index in [0.29, 0.717) is 4.90 Å². The standard InChI is InChI=1S/C6H6O2S.C4H12N.ClH/c7-9(8)6-4-2-1-3-5-6;1-5(2,3)4;/h1-5H,(H,7,8);1-4H3;1H/q;+1;. The molecule has 0 aromatic heterocycles. The quantitative estimate of drug-likeness (QED) is 0.613. The molecule has 0 aliphatic rings. The van der Waals surface area contributed by atoms with Gasteiger partial charge >= 0.3 is 0 Å². The van der Waals surface area contributed by atoms with Gasteiger partial charge < -0.3 is 9.04 Å². The SMILES string of the molecule is C[N+](C)(C)C.Cl.O=S(O)c1ccccc1. The smallest absolute Gasteiger partial charge is 0.186 e. The summed E-state index contributed by atoms with van der Waals surface area (Å²) in [6, 6.07) is 8.47. The van der Waals surface area contributed by atoms with Crippen molar-refractivity contribution in [3.05, 3.63) is 30.3 Å². The fourth-order valence-corrected chi connectivity index (χ4v) is 0.927. The van der Waals surface area contributed by atoms with Gasteiger partial charge in [-0.1, -0.05) is 18.2 Å². The molecule has 1 atom stereocenters. The number of rotatable bonds is 1. The molecule has 1 aromatic rings. The summed E-state index contributed by atoms with van der Waals surface area (Å²) in [5, 5.41) is 0. The van der Waals surface area contributed by atoms with Crippen LogP contribution in [0.25, 0.3) is 0 Å². The second-order valence-corrected chi connectivity index (χ2v) is 5.22. The second-order valence-electron chi connectivity index (χ2n) is 4.25. The lowest BCUT2D eigenvalue weighted by molar-refractivity contribution is -0.849. The summed E-state index contributed by atoms with van der Waals surface area (Å²) in [7, 11) is 8.50. The first-order valence-electron chi connectivity index (χ1n) is 4.25. The molecule has 0 amide bonds. The normalized spacial score (nSPS) is 11.8. The Morgan fingerprint density at radius 1 is 1.07 bits per heavy atom. The third kappa shape index (κ3) is 13.6. The fraction of sp³-hybridized carbons (Fsp3) is 0.400. The Balaban J connectivity index is 0. The zero-order valence-electron chi connectivity index (χ0n) is 9.51. The first-order valence-corrected chi connectivity index (χ1v) is 5.36. The van der Waals surface area contributed by atoms with E-state index < -0.39 is 11.1 Å². The van der Waals surface area contributed by atoms with E-state index in [1.54, 1.807) is 30.3 Å². The van der Waals surface area contributed by atoms with Crippen LogP contribution >= 0.6 is 12.4 Å². The minimum atomic E-state index is -1.83. The molecule has 15 heavy (non-hydrogen) atoms. The van der Waals surface area contributed by atoms with Crippen LogP contribution < -0.4 is 0 Å². The molecule has 1 N–H and O–H groups in total. The summed E-state index contributed by atoms with van der Waals surface area (Å²) in [6.45, 7) is 0. The molecule has 0 saturated carbocycles. The van der Waals surface area contributed by atoms with E-state index in [-0.39, 0.29) is 12.4 Å². The van der Waals surface area contributed by atoms with Crippen LogP contribution in [0.1, 0.15) is 0 Å². The summed E-state index contributed by atoms with van der Waals surface area (Å²) < 4.78 is 19.8. The minimum absolute atomic E-state index is 0. The van der Waals surface area contributed by atoms with Crippen molar-refractivity contribution in [3.8, 4) is 0 Å². The molecule has 0 spiro atoms. The lowest BCUT2D eigenvalue weighted by Gasteiger charge is -2.14. The van der Waals surface area contributed by atoms with E-state index >= 15 is 0 Å². The lowest BCUT2D eigenvalue weighted by atomic mass is 10.4. The summed E-state index contributed by atoms with van der Waals surface area (Å²) >= 11 is -1.83. The number of hydrogen-bond donors (Lipinski definition) is 1. The van der Waals surface area contributed by atoms with Crippen LogP contribution in [-0.4, -0.2) is 41.4 Å². The van der Waals surface area contributed by atoms with Crippen LogP contribution in [-0.2, 0) is 11.1 Å². The molecule has 5 heteroatoms. The van der Waals surface area contributed by atoms with Crippen molar-refractivity contribution in [2.45, 2.75) is 4.90 Å². The molecule has 0 bridgehead atoms. The topological polar surface area (TPSA) is 37.3 Å². The maximum absolute atomic E-state index is 10.3. The van der Waals surface area contributed by atoms with Crippen molar-refractivity contribution < 1.29 is 13.2 Å². The van der Waals surface area contributed by atoms with Crippen molar-refractivity contribution in [1.82, 2.24) is 0 Å². The number of benzene rings is 1. The molecule has 1 unspecified atom stereocenters. The average molecular weight is 253 g/mol. The first-order chi connectivity index (χ1) is 6.30. The van der Waals surface area contributed by atoms with Gasteiger partial charge in [0.15, 0.2) is 11.1 Å². The van der Waals surface area contributed by atoms with E-state index in [0.717, 1.165) is 4.48 Å². The van der Waals surface area contributed by atoms with E-state index in [1.165, 1.54) is 0 Å². The molecule has 3 nitrogen and oxygen atoms in total. The van der Waals surface area contributed by atoms with E-state index in [2.05, 4.69) is 28.2 Å². The molecule has 0 heterocycles. The molecular formula is C10H19ClNO2S+. The fourth-order valence-electron chi connectivity index (χ4n) is 0.537. The molecule has 0 aliphatic carbocycles. The second kappa shape index (κ2) is 7.82. The highest BCUT2D eigenvalue weighted by Gasteiger charge is 1.93. The number of quaternary nitrogens is 1. The van der Waals surface area contributed by atoms with Gasteiger partial charge in [0.2, 0.25) is 0 Å². The highest BCUT2D eigenvalue weighted by atomic mass is 35.5. The molecule has 0 radical (unpaired) electrons. The van der Waals surface area contributed by atoms with Crippen LogP contribution in [0.2, 0.25) is 0 Å². The maximum atomic E-state index is 10.3. The van der Waals surface area contributed by atoms with Crippen molar-refractivity contribution in [3.63, 3.8) is 0 Å². The van der Waals surface area contributed by atoms with Crippen LogP contribution in [0.3, 0.4) is 0 Å². The third-order valence-electron chi connectivity index (χ3n) is 0.945. The minimum Gasteiger partial charge on any atom is -0.333 e. The summed E-state index contributed by atoms with van der Waals surface area (Å²) in [4.78, 5) is 0.442. The zero-order chi connectivity index (χ0) is 11.2.